The Bertz CT molecular complexity index is 291. The molecule has 3 heteroatoms. The van der Waals surface area contributed by atoms with Crippen molar-refractivity contribution in [3.05, 3.63) is 11.8 Å². The second-order valence-corrected chi connectivity index (χ2v) is 7.07. The topological polar surface area (TPSA) is 26.3 Å². The molecule has 2 aliphatic rings. The minimum absolute atomic E-state index is 0.116. The van der Waals surface area contributed by atoms with E-state index in [2.05, 4.69) is 6.92 Å². The monoisotopic (exact) mass is 256 g/mol. The average molecular weight is 256 g/mol. The average Bonchev–Trinajstić information content (AvgIpc) is 2.38. The first-order valence-electron chi connectivity index (χ1n) is 6.98. The summed E-state index contributed by atoms with van der Waals surface area (Å²) in [5, 5.41) is 0.254. The summed E-state index contributed by atoms with van der Waals surface area (Å²) in [5.74, 6) is 0.870. The summed E-state index contributed by atoms with van der Waals surface area (Å²) >= 11 is 0. The fourth-order valence-electron chi connectivity index (χ4n) is 2.74. The van der Waals surface area contributed by atoms with Crippen molar-refractivity contribution in [3.8, 4) is 0 Å². The van der Waals surface area contributed by atoms with Gasteiger partial charge in [0.2, 0.25) is 0 Å². The van der Waals surface area contributed by atoms with Gasteiger partial charge in [0.25, 0.3) is 0 Å². The zero-order valence-electron chi connectivity index (χ0n) is 10.8. The molecule has 1 aliphatic carbocycles. The van der Waals surface area contributed by atoms with Crippen molar-refractivity contribution in [2.75, 3.05) is 5.75 Å². The summed E-state index contributed by atoms with van der Waals surface area (Å²) in [5.41, 5.74) is 1.45. The quantitative estimate of drug-likeness (QED) is 0.722. The first-order chi connectivity index (χ1) is 8.27. The van der Waals surface area contributed by atoms with Crippen molar-refractivity contribution in [3.63, 3.8) is 0 Å². The molecule has 3 unspecified atom stereocenters. The normalized spacial score (nSPS) is 31.9. The van der Waals surface area contributed by atoms with E-state index in [4.69, 9.17) is 4.74 Å². The van der Waals surface area contributed by atoms with Crippen LogP contribution in [0.25, 0.3) is 0 Å². The van der Waals surface area contributed by atoms with E-state index in [0.717, 1.165) is 18.6 Å². The molecule has 17 heavy (non-hydrogen) atoms. The maximum absolute atomic E-state index is 11.9. The standard InChI is InChI=1S/C14H24O2S/c1-12(14-9-5-6-10-17(14)15)16-11-13-7-3-2-4-8-13/h11-12,14H,2-10H2,1H3. The first-order valence-corrected chi connectivity index (χ1v) is 8.36. The van der Waals surface area contributed by atoms with Gasteiger partial charge in [-0.2, -0.15) is 0 Å². The molecule has 0 aromatic rings. The lowest BCUT2D eigenvalue weighted by Gasteiger charge is -2.27. The molecule has 0 N–H and O–H groups in total. The van der Waals surface area contributed by atoms with E-state index in [1.807, 2.05) is 6.26 Å². The van der Waals surface area contributed by atoms with Gasteiger partial charge in [0, 0.05) is 16.6 Å². The molecule has 1 aliphatic heterocycles. The van der Waals surface area contributed by atoms with Crippen molar-refractivity contribution in [2.45, 2.75) is 69.6 Å². The second kappa shape index (κ2) is 6.58. The molecule has 1 heterocycles. The Hall–Kier alpha value is -0.310. The van der Waals surface area contributed by atoms with Gasteiger partial charge in [-0.15, -0.1) is 0 Å². The first kappa shape index (κ1) is 13.1. The number of rotatable bonds is 3. The number of hydrogen-bond acceptors (Lipinski definition) is 2. The van der Waals surface area contributed by atoms with Crippen LogP contribution in [0.1, 0.15) is 58.3 Å². The highest BCUT2D eigenvalue weighted by Gasteiger charge is 2.27. The van der Waals surface area contributed by atoms with Gasteiger partial charge in [0.15, 0.2) is 0 Å². The van der Waals surface area contributed by atoms with Crippen molar-refractivity contribution in [1.82, 2.24) is 0 Å². The van der Waals surface area contributed by atoms with Crippen LogP contribution in [0.2, 0.25) is 0 Å². The molecule has 2 fully saturated rings. The van der Waals surface area contributed by atoms with E-state index in [0.29, 0.717) is 0 Å². The largest absolute Gasteiger partial charge is 0.497 e. The fourth-order valence-corrected chi connectivity index (χ4v) is 4.45. The highest BCUT2D eigenvalue weighted by molar-refractivity contribution is 7.85. The third-order valence-corrected chi connectivity index (χ3v) is 5.88. The SMILES string of the molecule is CC(OC=C1CCCCC1)C1CCCCS1=O. The predicted molar refractivity (Wildman–Crippen MR) is 72.4 cm³/mol. The Morgan fingerprint density at radius 2 is 2.00 bits per heavy atom. The molecule has 1 saturated heterocycles. The van der Waals surface area contributed by atoms with Crippen molar-refractivity contribution < 1.29 is 8.95 Å². The molecule has 2 nitrogen and oxygen atoms in total. The van der Waals surface area contributed by atoms with Crippen LogP contribution in [0.3, 0.4) is 0 Å². The van der Waals surface area contributed by atoms with Crippen LogP contribution in [-0.4, -0.2) is 21.3 Å². The van der Waals surface area contributed by atoms with Crippen molar-refractivity contribution >= 4 is 10.8 Å². The Balaban J connectivity index is 1.83. The maximum atomic E-state index is 11.9. The zero-order chi connectivity index (χ0) is 12.1. The van der Waals surface area contributed by atoms with Crippen LogP contribution in [0.4, 0.5) is 0 Å². The Kier molecular flexibility index (Phi) is 5.08. The summed E-state index contributed by atoms with van der Waals surface area (Å²) in [7, 11) is -0.669. The van der Waals surface area contributed by atoms with Gasteiger partial charge in [0.05, 0.1) is 11.5 Å². The van der Waals surface area contributed by atoms with Crippen LogP contribution in [0.5, 0.6) is 0 Å². The number of hydrogen-bond donors (Lipinski definition) is 0. The molecule has 0 bridgehead atoms. The van der Waals surface area contributed by atoms with Crippen LogP contribution in [0.15, 0.2) is 11.8 Å². The lowest BCUT2D eigenvalue weighted by molar-refractivity contribution is 0.148. The lowest BCUT2D eigenvalue weighted by atomic mass is 9.96. The van der Waals surface area contributed by atoms with Crippen molar-refractivity contribution in [1.29, 1.82) is 0 Å². The number of ether oxygens (including phenoxy) is 1. The van der Waals surface area contributed by atoms with E-state index >= 15 is 0 Å². The van der Waals surface area contributed by atoms with E-state index < -0.39 is 10.8 Å². The molecule has 0 amide bonds. The van der Waals surface area contributed by atoms with E-state index in [-0.39, 0.29) is 11.4 Å². The molecule has 2 rings (SSSR count). The summed E-state index contributed by atoms with van der Waals surface area (Å²) < 4.78 is 17.7. The molecule has 0 radical (unpaired) electrons. The minimum Gasteiger partial charge on any atom is -0.497 e. The lowest BCUT2D eigenvalue weighted by Crippen LogP contribution is -2.33. The van der Waals surface area contributed by atoms with Gasteiger partial charge in [-0.05, 0) is 51.0 Å². The molecule has 0 aromatic heterocycles. The molecule has 1 saturated carbocycles. The van der Waals surface area contributed by atoms with E-state index in [1.54, 1.807) is 0 Å². The Morgan fingerprint density at radius 3 is 2.71 bits per heavy atom. The van der Waals surface area contributed by atoms with E-state index in [9.17, 15) is 4.21 Å². The van der Waals surface area contributed by atoms with Gasteiger partial charge in [-0.25, -0.2) is 0 Å². The summed E-state index contributed by atoms with van der Waals surface area (Å²) in [6.07, 6.45) is 11.8. The van der Waals surface area contributed by atoms with Crippen LogP contribution < -0.4 is 0 Å². The molecular formula is C14H24O2S. The van der Waals surface area contributed by atoms with Gasteiger partial charge >= 0.3 is 0 Å². The van der Waals surface area contributed by atoms with E-state index in [1.165, 1.54) is 44.1 Å². The molecule has 0 aromatic carbocycles. The van der Waals surface area contributed by atoms with Crippen molar-refractivity contribution in [2.24, 2.45) is 0 Å². The van der Waals surface area contributed by atoms with Gasteiger partial charge in [-0.1, -0.05) is 12.8 Å². The summed E-state index contributed by atoms with van der Waals surface area (Å²) in [6, 6.07) is 0. The second-order valence-electron chi connectivity index (χ2n) is 5.30. The third-order valence-electron chi connectivity index (χ3n) is 3.89. The highest BCUT2D eigenvalue weighted by atomic mass is 32.2. The van der Waals surface area contributed by atoms with Gasteiger partial charge in [-0.3, -0.25) is 4.21 Å². The highest BCUT2D eigenvalue weighted by Crippen LogP contribution is 2.25. The van der Waals surface area contributed by atoms with Crippen LogP contribution in [0, 0.1) is 0 Å². The predicted octanol–water partition coefficient (Wildman–Crippen LogP) is 3.54. The molecular weight excluding hydrogens is 232 g/mol. The fraction of sp³-hybridized carbons (Fsp3) is 0.857. The van der Waals surface area contributed by atoms with Gasteiger partial charge < -0.3 is 4.74 Å². The summed E-state index contributed by atoms with van der Waals surface area (Å²) in [6.45, 7) is 2.08. The Morgan fingerprint density at radius 1 is 1.24 bits per heavy atom. The van der Waals surface area contributed by atoms with Crippen LogP contribution in [-0.2, 0) is 15.5 Å². The zero-order valence-corrected chi connectivity index (χ0v) is 11.6. The summed E-state index contributed by atoms with van der Waals surface area (Å²) in [4.78, 5) is 0. The number of allylic oxidation sites excluding steroid dienone is 1. The van der Waals surface area contributed by atoms with Crippen LogP contribution >= 0.6 is 0 Å². The molecule has 3 atom stereocenters. The molecule has 98 valence electrons. The maximum Gasteiger partial charge on any atom is 0.109 e. The Labute approximate surface area is 107 Å². The smallest absolute Gasteiger partial charge is 0.109 e. The molecule has 0 spiro atoms. The third kappa shape index (κ3) is 3.84. The minimum atomic E-state index is -0.669. The van der Waals surface area contributed by atoms with Gasteiger partial charge in [0.1, 0.15) is 6.10 Å².